The first-order valence-corrected chi connectivity index (χ1v) is 9.86. The number of hydrogen-bond acceptors (Lipinski definition) is 7. The summed E-state index contributed by atoms with van der Waals surface area (Å²) in [5, 5.41) is 16.8. The number of nitro groups is 1. The Morgan fingerprint density at radius 1 is 1.30 bits per heavy atom. The van der Waals surface area contributed by atoms with Crippen LogP contribution in [0.4, 0.5) is 5.69 Å². The minimum Gasteiger partial charge on any atom is -0.477 e. The fraction of sp³-hybridized carbons (Fsp3) is 0.222. The van der Waals surface area contributed by atoms with E-state index in [2.05, 4.69) is 10.3 Å². The van der Waals surface area contributed by atoms with Crippen LogP contribution in [0.2, 0.25) is 0 Å². The number of thiophene rings is 1. The summed E-state index contributed by atoms with van der Waals surface area (Å²) < 4.78 is 5.27. The number of amides is 1. The van der Waals surface area contributed by atoms with Crippen LogP contribution >= 0.6 is 22.7 Å². The first-order valence-electron chi connectivity index (χ1n) is 8.17. The number of nitrogens with zero attached hydrogens (tertiary/aromatic N) is 2. The Kier molecular flexibility index (Phi) is 6.15. The van der Waals surface area contributed by atoms with Crippen LogP contribution in [0, 0.1) is 17.0 Å². The van der Waals surface area contributed by atoms with Crippen molar-refractivity contribution >= 4 is 34.3 Å². The molecule has 0 atom stereocenters. The Labute approximate surface area is 163 Å². The van der Waals surface area contributed by atoms with Crippen molar-refractivity contribution < 1.29 is 14.5 Å². The van der Waals surface area contributed by atoms with Crippen molar-refractivity contribution in [1.29, 1.82) is 0 Å². The third-order valence-electron chi connectivity index (χ3n) is 3.65. The molecule has 0 aliphatic rings. The lowest BCUT2D eigenvalue weighted by atomic mass is 10.3. The molecular weight excluding hydrogens is 386 g/mol. The molecule has 27 heavy (non-hydrogen) atoms. The average Bonchev–Trinajstić information content (AvgIpc) is 3.29. The summed E-state index contributed by atoms with van der Waals surface area (Å²) in [5.41, 5.74) is 0.823. The number of ether oxygens (including phenoxy) is 1. The summed E-state index contributed by atoms with van der Waals surface area (Å²) in [6.45, 7) is 2.18. The summed E-state index contributed by atoms with van der Waals surface area (Å²) in [7, 11) is 0. The molecule has 0 bridgehead atoms. The van der Waals surface area contributed by atoms with Crippen molar-refractivity contribution in [2.45, 2.75) is 13.3 Å². The zero-order valence-corrected chi connectivity index (χ0v) is 16.1. The Bertz CT molecular complexity index is 951. The number of aromatic nitrogens is 1. The van der Waals surface area contributed by atoms with Gasteiger partial charge in [-0.15, -0.1) is 22.7 Å². The van der Waals surface area contributed by atoms with Crippen LogP contribution < -0.4 is 10.1 Å². The maximum Gasteiger partial charge on any atom is 0.310 e. The Morgan fingerprint density at radius 2 is 2.11 bits per heavy atom. The van der Waals surface area contributed by atoms with E-state index in [4.69, 9.17) is 4.74 Å². The summed E-state index contributed by atoms with van der Waals surface area (Å²) in [6.07, 6.45) is 0.699. The van der Waals surface area contributed by atoms with Crippen molar-refractivity contribution in [2.24, 2.45) is 0 Å². The quantitative estimate of drug-likeness (QED) is 0.456. The minimum absolute atomic E-state index is 0.0825. The van der Waals surface area contributed by atoms with Gasteiger partial charge in [0, 0.05) is 22.9 Å². The third kappa shape index (κ3) is 5.11. The van der Waals surface area contributed by atoms with Crippen LogP contribution in [-0.4, -0.2) is 29.0 Å². The van der Waals surface area contributed by atoms with Crippen molar-refractivity contribution in [3.63, 3.8) is 0 Å². The van der Waals surface area contributed by atoms with Crippen molar-refractivity contribution in [2.75, 3.05) is 13.2 Å². The normalized spacial score (nSPS) is 10.6. The number of rotatable bonds is 8. The summed E-state index contributed by atoms with van der Waals surface area (Å²) in [6, 6.07) is 10.1. The molecule has 0 aliphatic carbocycles. The molecule has 3 rings (SSSR count). The highest BCUT2D eigenvalue weighted by molar-refractivity contribution is 7.16. The minimum atomic E-state index is -0.536. The van der Waals surface area contributed by atoms with E-state index in [0.717, 1.165) is 20.5 Å². The molecule has 9 heteroatoms. The van der Waals surface area contributed by atoms with Crippen LogP contribution in [0.5, 0.6) is 5.75 Å². The van der Waals surface area contributed by atoms with Gasteiger partial charge in [-0.1, -0.05) is 12.1 Å². The van der Waals surface area contributed by atoms with Crippen LogP contribution in [0.25, 0.3) is 10.6 Å². The number of nitro benzene ring substituents is 1. The fourth-order valence-corrected chi connectivity index (χ4v) is 4.03. The third-order valence-corrected chi connectivity index (χ3v) is 5.59. The first kappa shape index (κ1) is 19.0. The number of carbonyl (C=O) groups excluding carboxylic acids is 1. The molecule has 0 saturated carbocycles. The molecule has 0 spiro atoms. The molecule has 0 unspecified atom stereocenters. The second kappa shape index (κ2) is 8.74. The Balaban J connectivity index is 1.45. The highest BCUT2D eigenvalue weighted by atomic mass is 32.1. The number of para-hydroxylation sites is 2. The number of benzene rings is 1. The van der Waals surface area contributed by atoms with Gasteiger partial charge < -0.3 is 10.1 Å². The predicted octanol–water partition coefficient (Wildman–Crippen LogP) is 3.83. The van der Waals surface area contributed by atoms with Gasteiger partial charge in [0.15, 0.2) is 12.4 Å². The van der Waals surface area contributed by atoms with Gasteiger partial charge in [0.1, 0.15) is 0 Å². The molecule has 7 nitrogen and oxygen atoms in total. The maximum atomic E-state index is 11.9. The van der Waals surface area contributed by atoms with Crippen molar-refractivity contribution in [3.05, 3.63) is 61.8 Å². The van der Waals surface area contributed by atoms with Crippen LogP contribution in [0.1, 0.15) is 9.88 Å². The monoisotopic (exact) mass is 403 g/mol. The molecule has 3 aromatic rings. The van der Waals surface area contributed by atoms with Gasteiger partial charge in [-0.2, -0.15) is 0 Å². The van der Waals surface area contributed by atoms with Gasteiger partial charge in [-0.25, -0.2) is 4.98 Å². The second-order valence-electron chi connectivity index (χ2n) is 5.63. The summed E-state index contributed by atoms with van der Waals surface area (Å²) in [4.78, 5) is 29.0. The van der Waals surface area contributed by atoms with E-state index in [9.17, 15) is 14.9 Å². The molecule has 0 radical (unpaired) electrons. The van der Waals surface area contributed by atoms with Crippen LogP contribution in [0.15, 0.2) is 41.8 Å². The van der Waals surface area contributed by atoms with E-state index >= 15 is 0 Å². The van der Waals surface area contributed by atoms with Crippen LogP contribution in [-0.2, 0) is 11.2 Å². The number of carbonyl (C=O) groups is 1. The van der Waals surface area contributed by atoms with E-state index < -0.39 is 4.92 Å². The lowest BCUT2D eigenvalue weighted by Gasteiger charge is -2.07. The number of hydrogen-bond donors (Lipinski definition) is 1. The van der Waals surface area contributed by atoms with Gasteiger partial charge in [-0.05, 0) is 31.5 Å². The zero-order chi connectivity index (χ0) is 19.2. The number of thiazole rings is 1. The largest absolute Gasteiger partial charge is 0.477 e. The van der Waals surface area contributed by atoms with Gasteiger partial charge in [0.25, 0.3) is 5.91 Å². The topological polar surface area (TPSA) is 94.4 Å². The summed E-state index contributed by atoms with van der Waals surface area (Å²) in [5.74, 6) is -0.237. The molecule has 0 aliphatic heterocycles. The molecular formula is C18H17N3O4S2. The second-order valence-corrected chi connectivity index (χ2v) is 7.86. The highest BCUT2D eigenvalue weighted by Gasteiger charge is 2.14. The molecule has 0 fully saturated rings. The van der Waals surface area contributed by atoms with E-state index in [1.807, 2.05) is 24.4 Å². The lowest BCUT2D eigenvalue weighted by Crippen LogP contribution is -2.30. The molecule has 0 saturated heterocycles. The SMILES string of the molecule is Cc1nc(-c2ccc(CCNC(=O)COc3ccccc3[N+](=O)[O-])s2)cs1. The van der Waals surface area contributed by atoms with Gasteiger partial charge >= 0.3 is 5.69 Å². The molecule has 140 valence electrons. The van der Waals surface area contributed by atoms with E-state index in [1.165, 1.54) is 12.1 Å². The van der Waals surface area contributed by atoms with Gasteiger partial charge in [0.2, 0.25) is 0 Å². The Morgan fingerprint density at radius 3 is 2.85 bits per heavy atom. The number of aryl methyl sites for hydroxylation is 1. The standard InChI is InChI=1S/C18H17N3O4S2/c1-12-20-14(11-26-12)17-7-6-13(27-17)8-9-19-18(22)10-25-16-5-3-2-4-15(16)21(23)24/h2-7,11H,8-10H2,1H3,(H,19,22). The van der Waals surface area contributed by atoms with Crippen molar-refractivity contribution in [3.8, 4) is 16.3 Å². The van der Waals surface area contributed by atoms with Crippen LogP contribution in [0.3, 0.4) is 0 Å². The summed E-state index contributed by atoms with van der Waals surface area (Å²) >= 11 is 3.27. The molecule has 2 aromatic heterocycles. The van der Waals surface area contributed by atoms with Gasteiger partial charge in [0.05, 0.1) is 20.5 Å². The molecule has 2 heterocycles. The van der Waals surface area contributed by atoms with E-state index in [-0.39, 0.29) is 24.0 Å². The average molecular weight is 403 g/mol. The maximum absolute atomic E-state index is 11.9. The van der Waals surface area contributed by atoms with Gasteiger partial charge in [-0.3, -0.25) is 14.9 Å². The fourth-order valence-electron chi connectivity index (χ4n) is 2.38. The molecule has 1 aromatic carbocycles. The molecule has 1 N–H and O–H groups in total. The van der Waals surface area contributed by atoms with E-state index in [0.29, 0.717) is 13.0 Å². The zero-order valence-electron chi connectivity index (χ0n) is 14.5. The Hall–Kier alpha value is -2.78. The first-order chi connectivity index (χ1) is 13.0. The van der Waals surface area contributed by atoms with Crippen molar-refractivity contribution in [1.82, 2.24) is 10.3 Å². The number of nitrogens with one attached hydrogen (secondary N) is 1. The highest BCUT2D eigenvalue weighted by Crippen LogP contribution is 2.29. The predicted molar refractivity (Wildman–Crippen MR) is 105 cm³/mol. The smallest absolute Gasteiger partial charge is 0.310 e. The lowest BCUT2D eigenvalue weighted by molar-refractivity contribution is -0.385. The molecule has 1 amide bonds. The van der Waals surface area contributed by atoms with E-state index in [1.54, 1.807) is 34.8 Å².